The van der Waals surface area contributed by atoms with Gasteiger partial charge >= 0.3 is 0 Å². The molecule has 1 aromatic carbocycles. The summed E-state index contributed by atoms with van der Waals surface area (Å²) in [7, 11) is 0. The predicted octanol–water partition coefficient (Wildman–Crippen LogP) is 2.62. The molecule has 7 nitrogen and oxygen atoms in total. The van der Waals surface area contributed by atoms with Gasteiger partial charge in [-0.2, -0.15) is 0 Å². The van der Waals surface area contributed by atoms with Crippen molar-refractivity contribution in [2.24, 2.45) is 0 Å². The molecular formula is C24H28N4O3. The van der Waals surface area contributed by atoms with E-state index in [-0.39, 0.29) is 12.0 Å². The summed E-state index contributed by atoms with van der Waals surface area (Å²) in [5.74, 6) is 1.25. The zero-order valence-electron chi connectivity index (χ0n) is 17.9. The van der Waals surface area contributed by atoms with E-state index in [9.17, 15) is 4.79 Å². The molecule has 2 aliphatic rings. The lowest BCUT2D eigenvalue weighted by Crippen LogP contribution is -2.43. The normalized spacial score (nSPS) is 19.7. The molecule has 31 heavy (non-hydrogen) atoms. The van der Waals surface area contributed by atoms with Gasteiger partial charge in [-0.3, -0.25) is 9.20 Å². The molecule has 1 atom stereocenters. The van der Waals surface area contributed by atoms with Crippen LogP contribution in [0.15, 0.2) is 48.7 Å². The van der Waals surface area contributed by atoms with Crippen molar-refractivity contribution in [2.75, 3.05) is 50.9 Å². The third kappa shape index (κ3) is 4.16. The van der Waals surface area contributed by atoms with Gasteiger partial charge in [0.1, 0.15) is 17.6 Å². The first kappa shape index (κ1) is 20.0. The lowest BCUT2D eigenvalue weighted by atomic mass is 10.0. The van der Waals surface area contributed by atoms with E-state index in [1.807, 2.05) is 48.2 Å². The maximum absolute atomic E-state index is 13.0. The molecule has 0 bridgehead atoms. The van der Waals surface area contributed by atoms with Gasteiger partial charge in [0.05, 0.1) is 38.5 Å². The standard InChI is InChI=1S/C24H28N4O3/c1-18-5-2-3-6-19(18)15-24(29)27-11-14-31-21(17-27)20-16-28-22(25-20)7-4-8-23(28)26-9-12-30-13-10-26/h2-8,16,21H,9-15,17H2,1H3. The second kappa shape index (κ2) is 8.69. The second-order valence-electron chi connectivity index (χ2n) is 8.18. The number of imidazole rings is 1. The molecule has 0 N–H and O–H groups in total. The zero-order valence-corrected chi connectivity index (χ0v) is 17.9. The van der Waals surface area contributed by atoms with Crippen LogP contribution in [0.4, 0.5) is 5.82 Å². The van der Waals surface area contributed by atoms with E-state index in [4.69, 9.17) is 14.5 Å². The molecule has 4 heterocycles. The first-order valence-corrected chi connectivity index (χ1v) is 10.9. The molecular weight excluding hydrogens is 392 g/mol. The summed E-state index contributed by atoms with van der Waals surface area (Å²) >= 11 is 0. The van der Waals surface area contributed by atoms with Crippen molar-refractivity contribution in [1.82, 2.24) is 14.3 Å². The fraction of sp³-hybridized carbons (Fsp3) is 0.417. The van der Waals surface area contributed by atoms with Crippen molar-refractivity contribution in [3.05, 3.63) is 65.5 Å². The van der Waals surface area contributed by atoms with Crippen molar-refractivity contribution in [3.63, 3.8) is 0 Å². The lowest BCUT2D eigenvalue weighted by molar-refractivity contribution is -0.138. The second-order valence-corrected chi connectivity index (χ2v) is 8.18. The molecule has 0 saturated carbocycles. The number of morpholine rings is 2. The van der Waals surface area contributed by atoms with Crippen molar-refractivity contribution in [2.45, 2.75) is 19.4 Å². The molecule has 0 radical (unpaired) electrons. The molecule has 3 aromatic rings. The van der Waals surface area contributed by atoms with Crippen LogP contribution in [-0.4, -0.2) is 66.2 Å². The highest BCUT2D eigenvalue weighted by Gasteiger charge is 2.28. The molecule has 1 amide bonds. The van der Waals surface area contributed by atoms with Crippen molar-refractivity contribution < 1.29 is 14.3 Å². The monoisotopic (exact) mass is 420 g/mol. The summed E-state index contributed by atoms with van der Waals surface area (Å²) in [6.07, 6.45) is 2.26. The number of fused-ring (bicyclic) bond motifs is 1. The average Bonchev–Trinajstić information content (AvgIpc) is 3.26. The number of carbonyl (C=O) groups is 1. The van der Waals surface area contributed by atoms with Gasteiger partial charge in [0.15, 0.2) is 0 Å². The number of anilines is 1. The number of carbonyl (C=O) groups excluding carboxylic acids is 1. The molecule has 2 saturated heterocycles. The Kier molecular flexibility index (Phi) is 5.61. The summed E-state index contributed by atoms with van der Waals surface area (Å²) in [6.45, 7) is 6.93. The van der Waals surface area contributed by atoms with Crippen molar-refractivity contribution in [3.8, 4) is 0 Å². The van der Waals surface area contributed by atoms with E-state index in [1.165, 1.54) is 0 Å². The van der Waals surface area contributed by atoms with E-state index in [0.29, 0.717) is 26.1 Å². The average molecular weight is 421 g/mol. The Morgan fingerprint density at radius 1 is 1.06 bits per heavy atom. The zero-order chi connectivity index (χ0) is 21.2. The number of aromatic nitrogens is 2. The minimum atomic E-state index is -0.216. The number of ether oxygens (including phenoxy) is 2. The smallest absolute Gasteiger partial charge is 0.227 e. The summed E-state index contributed by atoms with van der Waals surface area (Å²) in [5.41, 5.74) is 4.00. The van der Waals surface area contributed by atoms with Crippen molar-refractivity contribution in [1.29, 1.82) is 0 Å². The van der Waals surface area contributed by atoms with Crippen LogP contribution in [-0.2, 0) is 20.7 Å². The van der Waals surface area contributed by atoms with Crippen LogP contribution in [0.5, 0.6) is 0 Å². The molecule has 2 fully saturated rings. The van der Waals surface area contributed by atoms with Gasteiger partial charge < -0.3 is 19.3 Å². The molecule has 5 rings (SSSR count). The van der Waals surface area contributed by atoms with Gasteiger partial charge in [-0.05, 0) is 30.2 Å². The number of hydrogen-bond acceptors (Lipinski definition) is 5. The summed E-state index contributed by atoms with van der Waals surface area (Å²) in [4.78, 5) is 22.0. The van der Waals surface area contributed by atoms with Gasteiger partial charge in [-0.25, -0.2) is 4.98 Å². The minimum absolute atomic E-state index is 0.139. The Morgan fingerprint density at radius 3 is 2.74 bits per heavy atom. The Labute approximate surface area is 182 Å². The Hall–Kier alpha value is -2.90. The summed E-state index contributed by atoms with van der Waals surface area (Å²) in [6, 6.07) is 14.2. The number of rotatable bonds is 4. The molecule has 2 aliphatic heterocycles. The lowest BCUT2D eigenvalue weighted by Gasteiger charge is -2.32. The third-order valence-corrected chi connectivity index (χ3v) is 6.18. The van der Waals surface area contributed by atoms with Crippen LogP contribution in [0.25, 0.3) is 5.65 Å². The SMILES string of the molecule is Cc1ccccc1CC(=O)N1CCOC(c2cn3c(N4CCOCC4)cccc3n2)C1. The van der Waals surface area contributed by atoms with Crippen LogP contribution in [0.3, 0.4) is 0 Å². The Balaban J connectivity index is 1.34. The molecule has 162 valence electrons. The summed E-state index contributed by atoms with van der Waals surface area (Å²) < 4.78 is 13.6. The van der Waals surface area contributed by atoms with E-state index in [0.717, 1.165) is 54.6 Å². The van der Waals surface area contributed by atoms with E-state index in [2.05, 4.69) is 21.6 Å². The number of nitrogens with zero attached hydrogens (tertiary/aromatic N) is 4. The molecule has 2 aromatic heterocycles. The maximum Gasteiger partial charge on any atom is 0.227 e. The minimum Gasteiger partial charge on any atom is -0.378 e. The predicted molar refractivity (Wildman–Crippen MR) is 118 cm³/mol. The molecule has 0 spiro atoms. The third-order valence-electron chi connectivity index (χ3n) is 6.18. The van der Waals surface area contributed by atoms with E-state index in [1.54, 1.807) is 0 Å². The molecule has 7 heteroatoms. The van der Waals surface area contributed by atoms with Crippen molar-refractivity contribution >= 4 is 17.4 Å². The first-order valence-electron chi connectivity index (χ1n) is 10.9. The van der Waals surface area contributed by atoms with Gasteiger partial charge in [0, 0.05) is 25.8 Å². The Morgan fingerprint density at radius 2 is 1.90 bits per heavy atom. The van der Waals surface area contributed by atoms with Gasteiger partial charge in [-0.15, -0.1) is 0 Å². The number of benzene rings is 1. The van der Waals surface area contributed by atoms with Gasteiger partial charge in [0.25, 0.3) is 0 Å². The fourth-order valence-corrected chi connectivity index (χ4v) is 4.36. The number of pyridine rings is 1. The van der Waals surface area contributed by atoms with Crippen LogP contribution in [0.2, 0.25) is 0 Å². The highest BCUT2D eigenvalue weighted by Crippen LogP contribution is 2.26. The van der Waals surface area contributed by atoms with Crippen LogP contribution in [0, 0.1) is 6.92 Å². The van der Waals surface area contributed by atoms with E-state index >= 15 is 0 Å². The first-order chi connectivity index (χ1) is 15.2. The summed E-state index contributed by atoms with van der Waals surface area (Å²) in [5, 5.41) is 0. The largest absolute Gasteiger partial charge is 0.378 e. The highest BCUT2D eigenvalue weighted by molar-refractivity contribution is 5.79. The highest BCUT2D eigenvalue weighted by atomic mass is 16.5. The van der Waals surface area contributed by atoms with Gasteiger partial charge in [0.2, 0.25) is 5.91 Å². The van der Waals surface area contributed by atoms with Crippen LogP contribution < -0.4 is 4.90 Å². The number of hydrogen-bond donors (Lipinski definition) is 0. The number of amides is 1. The maximum atomic E-state index is 13.0. The van der Waals surface area contributed by atoms with Gasteiger partial charge in [-0.1, -0.05) is 30.3 Å². The fourth-order valence-electron chi connectivity index (χ4n) is 4.36. The topological polar surface area (TPSA) is 59.3 Å². The van der Waals surface area contributed by atoms with Crippen LogP contribution >= 0.6 is 0 Å². The quantitative estimate of drug-likeness (QED) is 0.650. The molecule has 0 aliphatic carbocycles. The molecule has 1 unspecified atom stereocenters. The Bertz CT molecular complexity index is 1070. The van der Waals surface area contributed by atoms with E-state index < -0.39 is 0 Å². The van der Waals surface area contributed by atoms with Crippen LogP contribution in [0.1, 0.15) is 22.9 Å². The number of aryl methyl sites for hydroxylation is 1.